The van der Waals surface area contributed by atoms with Gasteiger partial charge in [-0.25, -0.2) is 0 Å². The van der Waals surface area contributed by atoms with Crippen LogP contribution in [0, 0.1) is 58.2 Å². The number of pyridine rings is 2. The number of carbonyl (C=O) groups is 4. The minimum Gasteiger partial charge on any atom is -0.496 e. The first-order valence-electron chi connectivity index (χ1n) is 40.5. The molecule has 2 aromatic heterocycles. The molecule has 8 aliphatic rings. The van der Waals surface area contributed by atoms with Gasteiger partial charge in [-0.05, 0) is 191 Å². The van der Waals surface area contributed by atoms with Crippen LogP contribution in [0.25, 0.3) is 32.7 Å². The lowest BCUT2D eigenvalue weighted by Gasteiger charge is -2.62. The Labute approximate surface area is 674 Å². The van der Waals surface area contributed by atoms with E-state index in [1.807, 2.05) is 180 Å². The highest BCUT2D eigenvalue weighted by atomic mass is 16.7. The largest absolute Gasteiger partial charge is 0.496 e. The molecule has 0 radical (unpaired) electrons. The van der Waals surface area contributed by atoms with E-state index in [2.05, 4.69) is 87.7 Å². The number of nitrogens with two attached hydrogens (primary N) is 1. The zero-order valence-corrected chi connectivity index (χ0v) is 70.1. The molecule has 6 aliphatic carbocycles. The number of hydrogen-bond acceptors (Lipinski definition) is 20. The second-order valence-corrected chi connectivity index (χ2v) is 35.0. The van der Waals surface area contributed by atoms with Gasteiger partial charge in [-0.2, -0.15) is 10.1 Å². The molecule has 0 unspecified atom stereocenters. The summed E-state index contributed by atoms with van der Waals surface area (Å²) in [4.78, 5) is 89.6. The van der Waals surface area contributed by atoms with Crippen LogP contribution >= 0.6 is 0 Å². The summed E-state index contributed by atoms with van der Waals surface area (Å²) in [6.07, 6.45) is 5.96. The van der Waals surface area contributed by atoms with E-state index in [1.54, 1.807) is 50.6 Å². The van der Waals surface area contributed by atoms with E-state index >= 15 is 0 Å². The van der Waals surface area contributed by atoms with Crippen molar-refractivity contribution in [3.63, 3.8) is 0 Å². The number of likely N-dealkylation sites (N-methyl/N-ethyl adjacent to an activating group) is 2. The summed E-state index contributed by atoms with van der Waals surface area (Å²) < 4.78 is 12.3. The number of para-hydroxylation sites is 2. The first-order chi connectivity index (χ1) is 54.2. The molecule has 4 aromatic carbocycles. The molecule has 14 rings (SSSR count). The summed E-state index contributed by atoms with van der Waals surface area (Å²) in [5.74, 6) is 2.14. The number of carbonyl (C=O) groups excluding carboxylic acids is 4. The monoisotopic (exact) mass is 1560 g/mol. The quantitative estimate of drug-likeness (QED) is 0.0121. The van der Waals surface area contributed by atoms with Crippen LogP contribution in [0.2, 0.25) is 0 Å². The van der Waals surface area contributed by atoms with Gasteiger partial charge in [-0.3, -0.25) is 38.8 Å². The minimum absolute atomic E-state index is 0.0124. The SMILES string of the molecule is COc1c(CN2O[C@@H](CN)[C@@H]([C@H](C)O)[C@H]2C(=O)N[C@H]2C[C@H]3C[C@@H]([C@@H]2C)C3(C)C)cccc1-c1cc(C(=O)N[C@@H](Cc2ccccn2)CN(C)C)cc(N(C)C)c1.COc1c(CN2O[C@@H](CN=[N+]=[N-])[C@@H]([C@H](C)O)[C@H]2C(=O)N[C@H]2C[C@H]3C[C@@H]([C@@H]2C)C3(C)C)cccc1-c1cc(C(=O)N[C@@H](Cc2ccccn2)CN(C)C)cc(N(C)C)c1. The van der Waals surface area contributed by atoms with Gasteiger partial charge < -0.3 is 66.3 Å². The number of hydrogen-bond donors (Lipinski definition) is 7. The molecule has 4 heterocycles. The van der Waals surface area contributed by atoms with Crippen molar-refractivity contribution >= 4 is 35.0 Å². The number of azide groups is 1. The fourth-order valence-electron chi connectivity index (χ4n) is 19.4. The third kappa shape index (κ3) is 19.2. The number of amides is 4. The molecule has 2 aliphatic heterocycles. The highest BCUT2D eigenvalue weighted by Gasteiger charge is 2.59. The molecule has 6 saturated carbocycles. The van der Waals surface area contributed by atoms with E-state index in [0.717, 1.165) is 69.0 Å². The number of methoxy groups -OCH3 is 2. The van der Waals surface area contributed by atoms with Crippen LogP contribution < -0.4 is 46.3 Å². The summed E-state index contributed by atoms with van der Waals surface area (Å²) in [7, 11) is 18.9. The van der Waals surface area contributed by atoms with Crippen LogP contribution in [0.5, 0.6) is 11.5 Å². The fraction of sp³-hybridized carbons (Fsp3) is 0.568. The van der Waals surface area contributed by atoms with Gasteiger partial charge in [-0.1, -0.05) is 95.2 Å². The maximum absolute atomic E-state index is 14.4. The van der Waals surface area contributed by atoms with Crippen LogP contribution in [-0.4, -0.2) is 221 Å². The third-order valence-corrected chi connectivity index (χ3v) is 25.8. The van der Waals surface area contributed by atoms with Gasteiger partial charge in [0, 0.05) is 170 Å². The van der Waals surface area contributed by atoms with E-state index in [1.165, 1.54) is 12.8 Å². The number of ether oxygens (including phenoxy) is 2. The number of anilines is 2. The first-order valence-corrected chi connectivity index (χ1v) is 40.5. The zero-order chi connectivity index (χ0) is 82.4. The van der Waals surface area contributed by atoms with Gasteiger partial charge in [0.05, 0.1) is 58.3 Å². The molecule has 114 heavy (non-hydrogen) atoms. The Bertz CT molecular complexity index is 4350. The van der Waals surface area contributed by atoms with Gasteiger partial charge in [-0.15, -0.1) is 0 Å². The topological polar surface area (TPSA) is 314 Å². The summed E-state index contributed by atoms with van der Waals surface area (Å²) in [5, 5.41) is 42.5. The molecule has 26 heteroatoms. The molecular formula is C88H124N16O10. The molecule has 4 bridgehead atoms. The molecule has 6 aromatic rings. The van der Waals surface area contributed by atoms with Crippen LogP contribution in [0.3, 0.4) is 0 Å². The van der Waals surface area contributed by atoms with Crippen LogP contribution in [0.4, 0.5) is 11.4 Å². The lowest BCUT2D eigenvalue weighted by atomic mass is 9.45. The minimum atomic E-state index is -0.927. The molecule has 26 nitrogen and oxygen atoms in total. The van der Waals surface area contributed by atoms with Crippen molar-refractivity contribution in [3.8, 4) is 33.8 Å². The van der Waals surface area contributed by atoms with Crippen molar-refractivity contribution in [1.29, 1.82) is 0 Å². The van der Waals surface area contributed by atoms with E-state index in [9.17, 15) is 34.9 Å². The number of fused-ring (bicyclic) bond motifs is 4. The number of aliphatic hydroxyl groups excluding tert-OH is 2. The highest BCUT2D eigenvalue weighted by molar-refractivity contribution is 5.98. The maximum Gasteiger partial charge on any atom is 0.251 e. The molecule has 4 amide bonds. The molecule has 8 fully saturated rings. The summed E-state index contributed by atoms with van der Waals surface area (Å²) in [5.41, 5.74) is 25.1. The number of aromatic nitrogens is 2. The van der Waals surface area contributed by atoms with Crippen molar-refractivity contribution in [3.05, 3.63) is 166 Å². The summed E-state index contributed by atoms with van der Waals surface area (Å²) in [6, 6.07) is 33.0. The highest BCUT2D eigenvalue weighted by Crippen LogP contribution is 2.62. The van der Waals surface area contributed by atoms with Gasteiger partial charge in [0.2, 0.25) is 11.8 Å². The zero-order valence-electron chi connectivity index (χ0n) is 70.1. The lowest BCUT2D eigenvalue weighted by molar-refractivity contribution is -0.176. The van der Waals surface area contributed by atoms with Gasteiger partial charge in [0.15, 0.2) is 0 Å². The predicted molar refractivity (Wildman–Crippen MR) is 445 cm³/mol. The lowest BCUT2D eigenvalue weighted by Crippen LogP contribution is -2.62. The summed E-state index contributed by atoms with van der Waals surface area (Å²) >= 11 is 0. The standard InChI is InChI=1S/C44H61N9O5.C44H63N7O5/c1-26-36-20-31(44(36,3)4)21-37(26)49-43(56)40-39(27(2)54)38(23-47-50-45)58-53(40)24-28-13-12-15-35(41(28)57-9)29-17-30(19-34(18-29)52(7)8)42(55)48-33(25-51(5)6)22-32-14-10-11-16-46-32;1-26-36-20-31(44(36,3)4)21-37(26)48-43(54)40-39(27(2)52)38(23-45)56-51(40)24-28-13-12-15-35(41(28)55-9)29-17-30(19-34(18-29)50(7)8)42(53)47-33(25-49(5)6)22-32-14-10-11-16-46-32/h10-19,26-27,31,33,36-40,54H,20-25H2,1-9H3,(H,48,55)(H,49,56);10-19,26-27,31,33,36-40,52H,20-25,45H2,1-9H3,(H,47,53)(H,48,54)/t2*26-,27-,31+,33-,36-,37-,38-,39+,40-/m00/s1. The van der Waals surface area contributed by atoms with Crippen molar-refractivity contribution in [2.24, 2.45) is 69.0 Å². The predicted octanol–water partition coefficient (Wildman–Crippen LogP) is 10.1. The number of nitrogens with zero attached hydrogens (tertiary/aromatic N) is 11. The van der Waals surface area contributed by atoms with E-state index in [-0.39, 0.29) is 79.4 Å². The van der Waals surface area contributed by atoms with E-state index in [4.69, 9.17) is 24.9 Å². The number of aliphatic hydroxyl groups is 2. The number of rotatable bonds is 31. The third-order valence-electron chi connectivity index (χ3n) is 25.8. The van der Waals surface area contributed by atoms with Crippen LogP contribution in [-0.2, 0) is 45.2 Å². The Morgan fingerprint density at radius 3 is 1.36 bits per heavy atom. The molecule has 18 atom stereocenters. The van der Waals surface area contributed by atoms with Crippen LogP contribution in [0.15, 0.2) is 127 Å². The Kier molecular flexibility index (Phi) is 27.9. The average molecular weight is 1570 g/mol. The molecule has 2 saturated heterocycles. The van der Waals surface area contributed by atoms with E-state index in [0.29, 0.717) is 89.5 Å². The van der Waals surface area contributed by atoms with Gasteiger partial charge in [0.25, 0.3) is 11.8 Å². The smallest absolute Gasteiger partial charge is 0.251 e. The maximum atomic E-state index is 14.4. The van der Waals surface area contributed by atoms with Crippen LogP contribution in [0.1, 0.15) is 124 Å². The second-order valence-electron chi connectivity index (χ2n) is 35.0. The molecular weight excluding hydrogens is 1440 g/mol. The summed E-state index contributed by atoms with van der Waals surface area (Å²) in [6.45, 7) is 19.0. The average Bonchev–Trinajstić information content (AvgIpc) is 0.806. The van der Waals surface area contributed by atoms with Crippen molar-refractivity contribution in [2.45, 2.75) is 168 Å². The van der Waals surface area contributed by atoms with Crippen molar-refractivity contribution in [1.82, 2.24) is 51.2 Å². The normalized spacial score (nSPS) is 26.2. The number of benzene rings is 4. The molecule has 616 valence electrons. The fourth-order valence-corrected chi connectivity index (χ4v) is 19.4. The molecule has 8 N–H and O–H groups in total. The Hall–Kier alpha value is -8.79. The van der Waals surface area contributed by atoms with Crippen molar-refractivity contribution in [2.75, 3.05) is 107 Å². The van der Waals surface area contributed by atoms with E-state index < -0.39 is 48.3 Å². The van der Waals surface area contributed by atoms with Gasteiger partial charge >= 0.3 is 0 Å². The molecule has 0 spiro atoms. The first kappa shape index (κ1) is 86.1. The second kappa shape index (κ2) is 37.0. The Morgan fingerprint density at radius 2 is 1.02 bits per heavy atom. The van der Waals surface area contributed by atoms with Gasteiger partial charge in [0.1, 0.15) is 23.6 Å². The number of nitrogens with one attached hydrogen (secondary N) is 4. The Balaban J connectivity index is 0.000000225. The Morgan fingerprint density at radius 1 is 0.605 bits per heavy atom. The number of hydroxylamine groups is 4. The van der Waals surface area contributed by atoms with Crippen molar-refractivity contribution < 1.29 is 48.5 Å².